The average molecular weight is 259 g/mol. The first-order valence-corrected chi connectivity index (χ1v) is 5.71. The van der Waals surface area contributed by atoms with Crippen molar-refractivity contribution < 1.29 is 9.59 Å². The SMILES string of the molecule is CCC(=O)c1nc[nH]c1C(=O)Nc1ccc(N)nc1. The lowest BCUT2D eigenvalue weighted by Gasteiger charge is -2.04. The third-order valence-corrected chi connectivity index (χ3v) is 2.50. The molecule has 2 heterocycles. The molecule has 0 radical (unpaired) electrons. The van der Waals surface area contributed by atoms with Crippen LogP contribution < -0.4 is 11.1 Å². The number of nitrogens with two attached hydrogens (primary N) is 1. The average Bonchev–Trinajstić information content (AvgIpc) is 2.90. The molecule has 4 N–H and O–H groups in total. The van der Waals surface area contributed by atoms with Gasteiger partial charge in [0.15, 0.2) is 5.78 Å². The van der Waals surface area contributed by atoms with Gasteiger partial charge in [0.05, 0.1) is 18.2 Å². The van der Waals surface area contributed by atoms with Gasteiger partial charge in [-0.15, -0.1) is 0 Å². The summed E-state index contributed by atoms with van der Waals surface area (Å²) in [6.07, 6.45) is 3.04. The molecule has 0 saturated carbocycles. The Bertz CT molecular complexity index is 603. The van der Waals surface area contributed by atoms with E-state index in [-0.39, 0.29) is 23.6 Å². The molecule has 0 bridgehead atoms. The van der Waals surface area contributed by atoms with Crippen molar-refractivity contribution in [2.75, 3.05) is 11.1 Å². The molecule has 0 aliphatic carbocycles. The molecule has 98 valence electrons. The number of amides is 1. The molecule has 1 amide bonds. The van der Waals surface area contributed by atoms with Gasteiger partial charge in [0.25, 0.3) is 5.91 Å². The summed E-state index contributed by atoms with van der Waals surface area (Å²) in [7, 11) is 0. The number of pyridine rings is 1. The Hall–Kier alpha value is -2.70. The molecule has 7 heteroatoms. The third-order valence-electron chi connectivity index (χ3n) is 2.50. The topological polar surface area (TPSA) is 114 Å². The Morgan fingerprint density at radius 2 is 2.16 bits per heavy atom. The van der Waals surface area contributed by atoms with E-state index in [1.165, 1.54) is 12.5 Å². The monoisotopic (exact) mass is 259 g/mol. The van der Waals surface area contributed by atoms with Crippen molar-refractivity contribution in [2.24, 2.45) is 0 Å². The van der Waals surface area contributed by atoms with Gasteiger partial charge < -0.3 is 16.0 Å². The summed E-state index contributed by atoms with van der Waals surface area (Å²) < 4.78 is 0. The Labute approximate surface area is 109 Å². The van der Waals surface area contributed by atoms with E-state index >= 15 is 0 Å². The molecule has 0 atom stereocenters. The van der Waals surface area contributed by atoms with E-state index in [1.54, 1.807) is 19.1 Å². The van der Waals surface area contributed by atoms with Crippen LogP contribution in [0.3, 0.4) is 0 Å². The van der Waals surface area contributed by atoms with E-state index in [1.807, 2.05) is 0 Å². The number of carbonyl (C=O) groups excluding carboxylic acids is 2. The number of carbonyl (C=O) groups is 2. The number of nitrogen functional groups attached to an aromatic ring is 1. The molecule has 0 fully saturated rings. The number of Topliss-reactive ketones (excluding diaryl/α,β-unsaturated/α-hetero) is 1. The van der Waals surface area contributed by atoms with Gasteiger partial charge in [0, 0.05) is 6.42 Å². The Morgan fingerprint density at radius 1 is 1.37 bits per heavy atom. The Balaban J connectivity index is 2.18. The first-order chi connectivity index (χ1) is 9.11. The maximum Gasteiger partial charge on any atom is 0.274 e. The molecule has 0 aliphatic heterocycles. The number of H-pyrrole nitrogens is 1. The van der Waals surface area contributed by atoms with Crippen molar-refractivity contribution >= 4 is 23.2 Å². The number of hydrogen-bond donors (Lipinski definition) is 3. The standard InChI is InChI=1S/C12H13N5O2/c1-2-8(18)10-11(16-6-15-10)12(19)17-7-3-4-9(13)14-5-7/h3-6H,2H2,1H3,(H2,13,14)(H,15,16)(H,17,19). The predicted octanol–water partition coefficient (Wildman–Crippen LogP) is 1.23. The number of nitrogens with zero attached hydrogens (tertiary/aromatic N) is 2. The molecule has 7 nitrogen and oxygen atoms in total. The van der Waals surface area contributed by atoms with Gasteiger partial charge in [-0.25, -0.2) is 9.97 Å². The number of rotatable bonds is 4. The molecule has 0 saturated heterocycles. The molecular formula is C12H13N5O2. The molecule has 2 aromatic rings. The number of imidazole rings is 1. The fraction of sp³-hybridized carbons (Fsp3) is 0.167. The third kappa shape index (κ3) is 2.76. The van der Waals surface area contributed by atoms with Gasteiger partial charge in [-0.1, -0.05) is 6.92 Å². The van der Waals surface area contributed by atoms with Crippen LogP contribution in [0.4, 0.5) is 11.5 Å². The van der Waals surface area contributed by atoms with Crippen molar-refractivity contribution in [2.45, 2.75) is 13.3 Å². The first-order valence-electron chi connectivity index (χ1n) is 5.71. The lowest BCUT2D eigenvalue weighted by atomic mass is 10.2. The molecule has 2 rings (SSSR count). The van der Waals surface area contributed by atoms with Crippen molar-refractivity contribution in [3.63, 3.8) is 0 Å². The van der Waals surface area contributed by atoms with Crippen LogP contribution in [0.15, 0.2) is 24.7 Å². The second kappa shape index (κ2) is 5.30. The molecular weight excluding hydrogens is 246 g/mol. The maximum atomic E-state index is 12.0. The van der Waals surface area contributed by atoms with Gasteiger partial charge in [0.2, 0.25) is 0 Å². The van der Waals surface area contributed by atoms with Crippen LogP contribution in [0.1, 0.15) is 34.3 Å². The molecule has 0 aliphatic rings. The molecule has 0 aromatic carbocycles. The minimum Gasteiger partial charge on any atom is -0.384 e. The van der Waals surface area contributed by atoms with Gasteiger partial charge in [-0.05, 0) is 12.1 Å². The fourth-order valence-electron chi connectivity index (χ4n) is 1.52. The van der Waals surface area contributed by atoms with Crippen molar-refractivity contribution in [1.82, 2.24) is 15.0 Å². The highest BCUT2D eigenvalue weighted by Crippen LogP contribution is 2.11. The summed E-state index contributed by atoms with van der Waals surface area (Å²) in [6.45, 7) is 1.71. The van der Waals surface area contributed by atoms with Crippen LogP contribution in [-0.2, 0) is 0 Å². The van der Waals surface area contributed by atoms with Crippen LogP contribution in [0.25, 0.3) is 0 Å². The van der Waals surface area contributed by atoms with Crippen molar-refractivity contribution in [3.05, 3.63) is 36.0 Å². The van der Waals surface area contributed by atoms with E-state index < -0.39 is 5.91 Å². The van der Waals surface area contributed by atoms with E-state index in [0.717, 1.165) is 0 Å². The quantitative estimate of drug-likeness (QED) is 0.714. The summed E-state index contributed by atoms with van der Waals surface area (Å²) in [5.74, 6) is -0.274. The fourth-order valence-corrected chi connectivity index (χ4v) is 1.52. The number of aromatic nitrogens is 3. The van der Waals surface area contributed by atoms with Gasteiger partial charge >= 0.3 is 0 Å². The predicted molar refractivity (Wildman–Crippen MR) is 69.8 cm³/mol. The highest BCUT2D eigenvalue weighted by molar-refractivity contribution is 6.10. The molecule has 0 unspecified atom stereocenters. The van der Waals surface area contributed by atoms with Crippen LogP contribution in [0, 0.1) is 0 Å². The first kappa shape index (κ1) is 12.7. The number of hydrogen-bond acceptors (Lipinski definition) is 5. The lowest BCUT2D eigenvalue weighted by Crippen LogP contribution is -2.16. The van der Waals surface area contributed by atoms with Crippen molar-refractivity contribution in [1.29, 1.82) is 0 Å². The Morgan fingerprint density at radius 3 is 2.79 bits per heavy atom. The zero-order valence-electron chi connectivity index (χ0n) is 10.3. The zero-order chi connectivity index (χ0) is 13.8. The van der Waals surface area contributed by atoms with Crippen LogP contribution in [0.5, 0.6) is 0 Å². The van der Waals surface area contributed by atoms with E-state index in [0.29, 0.717) is 11.5 Å². The second-order valence-electron chi connectivity index (χ2n) is 3.83. The van der Waals surface area contributed by atoms with E-state index in [2.05, 4.69) is 20.3 Å². The second-order valence-corrected chi connectivity index (χ2v) is 3.83. The van der Waals surface area contributed by atoms with Gasteiger partial charge in [-0.3, -0.25) is 9.59 Å². The summed E-state index contributed by atoms with van der Waals surface area (Å²) in [5.41, 5.74) is 6.22. The molecule has 2 aromatic heterocycles. The van der Waals surface area contributed by atoms with Crippen LogP contribution in [0.2, 0.25) is 0 Å². The van der Waals surface area contributed by atoms with E-state index in [9.17, 15) is 9.59 Å². The Kier molecular flexibility index (Phi) is 3.56. The highest BCUT2D eigenvalue weighted by atomic mass is 16.2. The highest BCUT2D eigenvalue weighted by Gasteiger charge is 2.19. The van der Waals surface area contributed by atoms with Gasteiger partial charge in [-0.2, -0.15) is 0 Å². The number of nitrogens with one attached hydrogen (secondary N) is 2. The van der Waals surface area contributed by atoms with Crippen LogP contribution in [-0.4, -0.2) is 26.6 Å². The summed E-state index contributed by atoms with van der Waals surface area (Å²) in [6, 6.07) is 3.19. The number of ketones is 1. The smallest absolute Gasteiger partial charge is 0.274 e. The van der Waals surface area contributed by atoms with E-state index in [4.69, 9.17) is 5.73 Å². The largest absolute Gasteiger partial charge is 0.384 e. The maximum absolute atomic E-state index is 12.0. The minimum absolute atomic E-state index is 0.142. The molecule has 19 heavy (non-hydrogen) atoms. The summed E-state index contributed by atoms with van der Waals surface area (Å²) in [5, 5.41) is 2.61. The number of anilines is 2. The lowest BCUT2D eigenvalue weighted by molar-refractivity contribution is 0.0963. The van der Waals surface area contributed by atoms with Crippen molar-refractivity contribution in [3.8, 4) is 0 Å². The number of aromatic amines is 1. The molecule has 0 spiro atoms. The summed E-state index contributed by atoms with van der Waals surface area (Å²) >= 11 is 0. The minimum atomic E-state index is -0.444. The van der Waals surface area contributed by atoms with Gasteiger partial charge in [0.1, 0.15) is 17.2 Å². The normalized spacial score (nSPS) is 10.2. The zero-order valence-corrected chi connectivity index (χ0v) is 10.3. The van der Waals surface area contributed by atoms with Crippen LogP contribution >= 0.6 is 0 Å². The summed E-state index contributed by atoms with van der Waals surface area (Å²) in [4.78, 5) is 34.0.